The molecule has 1 aromatic carbocycles. The number of halogens is 2. The van der Waals surface area contributed by atoms with E-state index in [1.54, 1.807) is 0 Å². The molecule has 0 aliphatic carbocycles. The summed E-state index contributed by atoms with van der Waals surface area (Å²) < 4.78 is 30.1. The Morgan fingerprint density at radius 3 is 2.71 bits per heavy atom. The second-order valence-corrected chi connectivity index (χ2v) is 3.15. The first-order valence-electron chi connectivity index (χ1n) is 4.53. The van der Waals surface area contributed by atoms with Gasteiger partial charge in [0.15, 0.2) is 17.3 Å². The lowest BCUT2D eigenvalue weighted by Gasteiger charge is -2.02. The zero-order chi connectivity index (χ0) is 12.4. The molecule has 1 heterocycles. The van der Waals surface area contributed by atoms with Gasteiger partial charge in [-0.1, -0.05) is 0 Å². The van der Waals surface area contributed by atoms with Gasteiger partial charge in [-0.05, 0) is 12.1 Å². The molecule has 0 fully saturated rings. The van der Waals surface area contributed by atoms with Gasteiger partial charge >= 0.3 is 0 Å². The maximum absolute atomic E-state index is 12.9. The van der Waals surface area contributed by atoms with Gasteiger partial charge in [0.2, 0.25) is 0 Å². The molecule has 88 valence electrons. The van der Waals surface area contributed by atoms with Gasteiger partial charge in [0.05, 0.1) is 0 Å². The number of hydrogen-bond acceptors (Lipinski definition) is 4. The second-order valence-electron chi connectivity index (χ2n) is 3.15. The van der Waals surface area contributed by atoms with Crippen LogP contribution in [-0.2, 0) is 0 Å². The number of nitrogens with two attached hydrogens (primary N) is 1. The van der Waals surface area contributed by atoms with Crippen LogP contribution in [0.4, 0.5) is 20.5 Å². The van der Waals surface area contributed by atoms with E-state index in [4.69, 9.17) is 5.73 Å². The zero-order valence-electron chi connectivity index (χ0n) is 8.41. The third-order valence-electron chi connectivity index (χ3n) is 1.93. The molecule has 0 saturated carbocycles. The Bertz CT molecular complexity index is 568. The Morgan fingerprint density at radius 1 is 1.35 bits per heavy atom. The van der Waals surface area contributed by atoms with Crippen molar-refractivity contribution in [1.82, 2.24) is 4.98 Å². The fourth-order valence-electron chi connectivity index (χ4n) is 1.16. The van der Waals surface area contributed by atoms with Crippen LogP contribution in [0.3, 0.4) is 0 Å². The molecule has 0 unspecified atom stereocenters. The van der Waals surface area contributed by atoms with Gasteiger partial charge in [-0.3, -0.25) is 4.79 Å². The largest absolute Gasteiger partial charge is 0.431 e. The van der Waals surface area contributed by atoms with Gasteiger partial charge in [-0.2, -0.15) is 4.98 Å². The number of amides is 1. The number of aromatic nitrogens is 1. The number of benzene rings is 1. The minimum Gasteiger partial charge on any atom is -0.431 e. The van der Waals surface area contributed by atoms with Crippen LogP contribution in [-0.4, -0.2) is 10.9 Å². The number of carbonyl (C=O) groups is 1. The summed E-state index contributed by atoms with van der Waals surface area (Å²) in [5.41, 5.74) is 5.24. The summed E-state index contributed by atoms with van der Waals surface area (Å²) in [6, 6.07) is 2.83. The SMILES string of the molecule is Nc1nc(C(=O)Nc2ccc(F)c(F)c2)co1. The number of oxazole rings is 1. The van der Waals surface area contributed by atoms with Crippen LogP contribution in [0, 0.1) is 11.6 Å². The Balaban J connectivity index is 2.15. The number of rotatable bonds is 2. The molecular weight excluding hydrogens is 232 g/mol. The highest BCUT2D eigenvalue weighted by Crippen LogP contribution is 2.14. The average molecular weight is 239 g/mol. The highest BCUT2D eigenvalue weighted by atomic mass is 19.2. The van der Waals surface area contributed by atoms with E-state index in [0.717, 1.165) is 18.4 Å². The fraction of sp³-hybridized carbons (Fsp3) is 0. The Morgan fingerprint density at radius 2 is 2.12 bits per heavy atom. The standard InChI is InChI=1S/C10H7F2N3O2/c11-6-2-1-5(3-7(6)12)14-9(16)8-4-17-10(13)15-8/h1-4H,(H2,13,15)(H,14,16). The third kappa shape index (κ3) is 2.39. The zero-order valence-corrected chi connectivity index (χ0v) is 8.41. The summed E-state index contributed by atoms with van der Waals surface area (Å²) >= 11 is 0. The topological polar surface area (TPSA) is 81.1 Å². The maximum Gasteiger partial charge on any atom is 0.292 e. The van der Waals surface area contributed by atoms with E-state index in [1.807, 2.05) is 0 Å². The summed E-state index contributed by atoms with van der Waals surface area (Å²) in [4.78, 5) is 15.1. The lowest BCUT2D eigenvalue weighted by atomic mass is 10.3. The van der Waals surface area contributed by atoms with Crippen LogP contribution in [0.2, 0.25) is 0 Å². The van der Waals surface area contributed by atoms with Crippen molar-refractivity contribution in [3.63, 3.8) is 0 Å². The number of carbonyl (C=O) groups excluding carboxylic acids is 1. The molecule has 2 rings (SSSR count). The quantitative estimate of drug-likeness (QED) is 0.837. The summed E-state index contributed by atoms with van der Waals surface area (Å²) in [5.74, 6) is -2.67. The summed E-state index contributed by atoms with van der Waals surface area (Å²) in [5, 5.41) is 2.32. The highest BCUT2D eigenvalue weighted by molar-refractivity contribution is 6.02. The molecule has 1 amide bonds. The molecule has 2 aromatic rings. The second kappa shape index (κ2) is 4.20. The third-order valence-corrected chi connectivity index (χ3v) is 1.93. The summed E-state index contributed by atoms with van der Waals surface area (Å²) in [6.45, 7) is 0. The van der Waals surface area contributed by atoms with E-state index in [0.29, 0.717) is 0 Å². The van der Waals surface area contributed by atoms with Crippen LogP contribution < -0.4 is 11.1 Å². The normalized spacial score (nSPS) is 10.2. The van der Waals surface area contributed by atoms with Crippen LogP contribution in [0.1, 0.15) is 10.5 Å². The predicted molar refractivity (Wildman–Crippen MR) is 55.2 cm³/mol. The lowest BCUT2D eigenvalue weighted by Crippen LogP contribution is -2.12. The van der Waals surface area contributed by atoms with Crippen molar-refractivity contribution in [2.45, 2.75) is 0 Å². The number of nitrogens with zero attached hydrogens (tertiary/aromatic N) is 1. The molecule has 0 saturated heterocycles. The van der Waals surface area contributed by atoms with E-state index in [2.05, 4.69) is 14.7 Å². The predicted octanol–water partition coefficient (Wildman–Crippen LogP) is 1.79. The van der Waals surface area contributed by atoms with Gasteiger partial charge in [-0.15, -0.1) is 0 Å². The maximum atomic E-state index is 12.9. The van der Waals surface area contributed by atoms with Crippen molar-refractivity contribution < 1.29 is 18.0 Å². The average Bonchev–Trinajstić information content (AvgIpc) is 2.70. The molecule has 3 N–H and O–H groups in total. The molecule has 7 heteroatoms. The molecule has 0 aliphatic rings. The van der Waals surface area contributed by atoms with Crippen molar-refractivity contribution in [1.29, 1.82) is 0 Å². The highest BCUT2D eigenvalue weighted by Gasteiger charge is 2.12. The first kappa shape index (κ1) is 11.1. The van der Waals surface area contributed by atoms with Gasteiger partial charge < -0.3 is 15.5 Å². The van der Waals surface area contributed by atoms with Crippen molar-refractivity contribution in [2.24, 2.45) is 0 Å². The Hall–Kier alpha value is -2.44. The van der Waals surface area contributed by atoms with Crippen LogP contribution in [0.25, 0.3) is 0 Å². The van der Waals surface area contributed by atoms with Crippen molar-refractivity contribution in [3.05, 3.63) is 41.8 Å². The molecule has 1 aromatic heterocycles. The van der Waals surface area contributed by atoms with Crippen molar-refractivity contribution in [3.8, 4) is 0 Å². The fourth-order valence-corrected chi connectivity index (χ4v) is 1.16. The van der Waals surface area contributed by atoms with Crippen LogP contribution in [0.15, 0.2) is 28.9 Å². The molecular formula is C10H7F2N3O2. The van der Waals surface area contributed by atoms with Gasteiger partial charge in [-0.25, -0.2) is 8.78 Å². The molecule has 0 radical (unpaired) electrons. The minimum atomic E-state index is -1.05. The van der Waals surface area contributed by atoms with E-state index in [9.17, 15) is 13.6 Å². The smallest absolute Gasteiger partial charge is 0.292 e. The van der Waals surface area contributed by atoms with Crippen molar-refractivity contribution >= 4 is 17.6 Å². The van der Waals surface area contributed by atoms with E-state index in [1.165, 1.54) is 6.07 Å². The molecule has 0 spiro atoms. The molecule has 0 bridgehead atoms. The van der Waals surface area contributed by atoms with E-state index in [-0.39, 0.29) is 17.4 Å². The number of anilines is 2. The van der Waals surface area contributed by atoms with E-state index >= 15 is 0 Å². The minimum absolute atomic E-state index is 0.0489. The van der Waals surface area contributed by atoms with Gasteiger partial charge in [0, 0.05) is 11.8 Å². The van der Waals surface area contributed by atoms with E-state index < -0.39 is 17.5 Å². The summed E-state index contributed by atoms with van der Waals surface area (Å²) in [6.07, 6.45) is 1.06. The first-order valence-corrected chi connectivity index (χ1v) is 4.53. The lowest BCUT2D eigenvalue weighted by molar-refractivity contribution is 0.102. The Labute approximate surface area is 94.2 Å². The Kier molecular flexibility index (Phi) is 2.73. The van der Waals surface area contributed by atoms with Gasteiger partial charge in [0.25, 0.3) is 11.9 Å². The first-order chi connectivity index (χ1) is 8.06. The number of nitrogens with one attached hydrogen (secondary N) is 1. The van der Waals surface area contributed by atoms with Crippen molar-refractivity contribution in [2.75, 3.05) is 11.1 Å². The molecule has 17 heavy (non-hydrogen) atoms. The molecule has 0 atom stereocenters. The van der Waals surface area contributed by atoms with Crippen LogP contribution in [0.5, 0.6) is 0 Å². The molecule has 5 nitrogen and oxygen atoms in total. The van der Waals surface area contributed by atoms with Crippen LogP contribution >= 0.6 is 0 Å². The number of hydrogen-bond donors (Lipinski definition) is 2. The van der Waals surface area contributed by atoms with Gasteiger partial charge in [0.1, 0.15) is 6.26 Å². The molecule has 0 aliphatic heterocycles. The summed E-state index contributed by atoms with van der Waals surface area (Å²) in [7, 11) is 0. The number of nitrogen functional groups attached to an aromatic ring is 1. The monoisotopic (exact) mass is 239 g/mol.